The summed E-state index contributed by atoms with van der Waals surface area (Å²) in [4.78, 5) is 9.26. The molecule has 116 valence electrons. The molecule has 0 aliphatic heterocycles. The van der Waals surface area contributed by atoms with Gasteiger partial charge in [-0.25, -0.2) is 9.97 Å². The quantitative estimate of drug-likeness (QED) is 0.445. The van der Waals surface area contributed by atoms with Crippen molar-refractivity contribution in [3.63, 3.8) is 0 Å². The molecule has 0 aliphatic rings. The first-order valence-corrected chi connectivity index (χ1v) is 9.55. The molecule has 4 rings (SSSR count). The summed E-state index contributed by atoms with van der Waals surface area (Å²) in [6, 6.07) is 13.2. The Bertz CT molecular complexity index is 981. The first-order valence-electron chi connectivity index (χ1n) is 7.85. The van der Waals surface area contributed by atoms with Gasteiger partial charge in [0.25, 0.3) is 0 Å². The fourth-order valence-electron chi connectivity index (χ4n) is 2.79. The summed E-state index contributed by atoms with van der Waals surface area (Å²) in [6.45, 7) is 6.69. The molecule has 4 heteroatoms. The number of rotatable bonds is 3. The summed E-state index contributed by atoms with van der Waals surface area (Å²) < 4.78 is 2.52. The molecule has 0 bridgehead atoms. The van der Waals surface area contributed by atoms with Gasteiger partial charge in [0.2, 0.25) is 0 Å². The van der Waals surface area contributed by atoms with Gasteiger partial charge in [0, 0.05) is 5.92 Å². The molecule has 4 aromatic rings. The zero-order chi connectivity index (χ0) is 16.0. The van der Waals surface area contributed by atoms with Crippen LogP contribution in [0.15, 0.2) is 41.9 Å². The monoisotopic (exact) mass is 338 g/mol. The number of nitrogens with zero attached hydrogens (tertiary/aromatic N) is 2. The van der Waals surface area contributed by atoms with Gasteiger partial charge in [0.05, 0.1) is 25.9 Å². The molecule has 23 heavy (non-hydrogen) atoms. The van der Waals surface area contributed by atoms with Crippen LogP contribution in [0.4, 0.5) is 0 Å². The standard InChI is InChI=1S/C19H18N2S2/c1-11(2)13-5-7-17-16(8-13)21-19(23-17)12(3)14-4-6-15-18(9-14)22-10-20-15/h4-12H,1-3H3. The van der Waals surface area contributed by atoms with Gasteiger partial charge in [0.15, 0.2) is 0 Å². The van der Waals surface area contributed by atoms with Gasteiger partial charge in [-0.1, -0.05) is 32.9 Å². The van der Waals surface area contributed by atoms with Crippen LogP contribution in [-0.4, -0.2) is 9.97 Å². The van der Waals surface area contributed by atoms with Gasteiger partial charge < -0.3 is 0 Å². The van der Waals surface area contributed by atoms with E-state index in [0.717, 1.165) is 11.0 Å². The zero-order valence-electron chi connectivity index (χ0n) is 13.4. The van der Waals surface area contributed by atoms with Crippen molar-refractivity contribution in [2.75, 3.05) is 0 Å². The van der Waals surface area contributed by atoms with Gasteiger partial charge in [-0.3, -0.25) is 0 Å². The van der Waals surface area contributed by atoms with Crippen LogP contribution in [0.2, 0.25) is 0 Å². The largest absolute Gasteiger partial charge is 0.245 e. The molecular formula is C19H18N2S2. The van der Waals surface area contributed by atoms with Crippen molar-refractivity contribution >= 4 is 43.1 Å². The molecule has 2 heterocycles. The number of hydrogen-bond acceptors (Lipinski definition) is 4. The molecular weight excluding hydrogens is 320 g/mol. The highest BCUT2D eigenvalue weighted by molar-refractivity contribution is 7.18. The first kappa shape index (κ1) is 14.8. The lowest BCUT2D eigenvalue weighted by Gasteiger charge is -2.08. The number of aromatic nitrogens is 2. The average Bonchev–Trinajstić information content (AvgIpc) is 3.18. The highest BCUT2D eigenvalue weighted by Gasteiger charge is 2.15. The second-order valence-electron chi connectivity index (χ2n) is 6.24. The topological polar surface area (TPSA) is 25.8 Å². The van der Waals surface area contributed by atoms with Crippen molar-refractivity contribution in [3.8, 4) is 0 Å². The Hall–Kier alpha value is -1.78. The third-order valence-electron chi connectivity index (χ3n) is 4.32. The second-order valence-corrected chi connectivity index (χ2v) is 8.18. The third kappa shape index (κ3) is 2.66. The molecule has 0 saturated heterocycles. The minimum absolute atomic E-state index is 0.307. The maximum Gasteiger partial charge on any atom is 0.101 e. The molecule has 0 N–H and O–H groups in total. The Morgan fingerprint density at radius 2 is 1.70 bits per heavy atom. The Labute approximate surface area is 143 Å². The van der Waals surface area contributed by atoms with Crippen LogP contribution in [0.1, 0.15) is 48.7 Å². The molecule has 1 unspecified atom stereocenters. The van der Waals surface area contributed by atoms with E-state index in [0.29, 0.717) is 11.8 Å². The van der Waals surface area contributed by atoms with Crippen LogP contribution in [0.3, 0.4) is 0 Å². The maximum atomic E-state index is 4.91. The fourth-order valence-corrected chi connectivity index (χ4v) is 4.54. The van der Waals surface area contributed by atoms with Crippen molar-refractivity contribution in [3.05, 3.63) is 58.0 Å². The Morgan fingerprint density at radius 1 is 0.870 bits per heavy atom. The fraction of sp³-hybridized carbons (Fsp3) is 0.263. The first-order chi connectivity index (χ1) is 11.1. The van der Waals surface area contributed by atoms with Gasteiger partial charge >= 0.3 is 0 Å². The van der Waals surface area contributed by atoms with Crippen molar-refractivity contribution < 1.29 is 0 Å². The van der Waals surface area contributed by atoms with Crippen molar-refractivity contribution in [2.24, 2.45) is 0 Å². The van der Waals surface area contributed by atoms with E-state index in [1.807, 2.05) is 5.51 Å². The van der Waals surface area contributed by atoms with Gasteiger partial charge in [-0.2, -0.15) is 0 Å². The van der Waals surface area contributed by atoms with Crippen LogP contribution in [0, 0.1) is 0 Å². The maximum absolute atomic E-state index is 4.91. The minimum Gasteiger partial charge on any atom is -0.245 e. The molecule has 2 aromatic heterocycles. The van der Waals surface area contributed by atoms with Gasteiger partial charge in [0.1, 0.15) is 5.01 Å². The van der Waals surface area contributed by atoms with Crippen molar-refractivity contribution in [2.45, 2.75) is 32.6 Å². The summed E-state index contributed by atoms with van der Waals surface area (Å²) in [5, 5.41) is 1.18. The number of fused-ring (bicyclic) bond motifs is 2. The lowest BCUT2D eigenvalue weighted by molar-refractivity contribution is 0.867. The molecule has 1 atom stereocenters. The van der Waals surface area contributed by atoms with Crippen molar-refractivity contribution in [1.29, 1.82) is 0 Å². The van der Waals surface area contributed by atoms with E-state index in [2.05, 4.69) is 62.2 Å². The lowest BCUT2D eigenvalue weighted by atomic mass is 10.0. The summed E-state index contributed by atoms with van der Waals surface area (Å²) in [6.07, 6.45) is 0. The summed E-state index contributed by atoms with van der Waals surface area (Å²) in [5.74, 6) is 0.845. The Kier molecular flexibility index (Phi) is 3.66. The molecule has 2 aromatic carbocycles. The van der Waals surface area contributed by atoms with E-state index in [1.54, 1.807) is 22.7 Å². The van der Waals surface area contributed by atoms with E-state index in [9.17, 15) is 0 Å². The van der Waals surface area contributed by atoms with Crippen molar-refractivity contribution in [1.82, 2.24) is 9.97 Å². The number of thiazole rings is 2. The molecule has 0 saturated carbocycles. The molecule has 0 radical (unpaired) electrons. The zero-order valence-corrected chi connectivity index (χ0v) is 15.0. The highest BCUT2D eigenvalue weighted by atomic mass is 32.1. The van der Waals surface area contributed by atoms with E-state index in [4.69, 9.17) is 4.98 Å². The Morgan fingerprint density at radius 3 is 2.52 bits per heavy atom. The SMILES string of the molecule is CC(C)c1ccc2sc(C(C)c3ccc4ncsc4c3)nc2c1. The van der Waals surface area contributed by atoms with Crippen LogP contribution in [-0.2, 0) is 0 Å². The molecule has 0 spiro atoms. The second kappa shape index (κ2) is 5.69. The van der Waals surface area contributed by atoms with Gasteiger partial charge in [-0.15, -0.1) is 22.7 Å². The molecule has 0 fully saturated rings. The normalized spacial score (nSPS) is 13.2. The van der Waals surface area contributed by atoms with Gasteiger partial charge in [-0.05, 0) is 41.3 Å². The summed E-state index contributed by atoms with van der Waals surface area (Å²) in [7, 11) is 0. The minimum atomic E-state index is 0.307. The molecule has 0 aliphatic carbocycles. The average molecular weight is 339 g/mol. The van der Waals surface area contributed by atoms with Crippen LogP contribution in [0.5, 0.6) is 0 Å². The van der Waals surface area contributed by atoms with Crippen LogP contribution in [0.25, 0.3) is 20.4 Å². The van der Waals surface area contributed by atoms with E-state index in [1.165, 1.54) is 25.5 Å². The third-order valence-corrected chi connectivity index (χ3v) is 6.33. The summed E-state index contributed by atoms with van der Waals surface area (Å²) >= 11 is 3.50. The predicted molar refractivity (Wildman–Crippen MR) is 101 cm³/mol. The van der Waals surface area contributed by atoms with E-state index < -0.39 is 0 Å². The van der Waals surface area contributed by atoms with E-state index in [-0.39, 0.29) is 0 Å². The van der Waals surface area contributed by atoms with Crippen LogP contribution >= 0.6 is 22.7 Å². The molecule has 2 nitrogen and oxygen atoms in total. The van der Waals surface area contributed by atoms with Crippen LogP contribution < -0.4 is 0 Å². The Balaban J connectivity index is 1.74. The smallest absolute Gasteiger partial charge is 0.101 e. The number of benzene rings is 2. The highest BCUT2D eigenvalue weighted by Crippen LogP contribution is 2.34. The molecule has 0 amide bonds. The summed E-state index contributed by atoms with van der Waals surface area (Å²) in [5.41, 5.74) is 6.78. The number of hydrogen-bond donors (Lipinski definition) is 0. The van der Waals surface area contributed by atoms with E-state index >= 15 is 0 Å². The lowest BCUT2D eigenvalue weighted by Crippen LogP contribution is -1.94. The predicted octanol–water partition coefficient (Wildman–Crippen LogP) is 6.18.